The van der Waals surface area contributed by atoms with Crippen molar-refractivity contribution in [1.29, 1.82) is 0 Å². The van der Waals surface area contributed by atoms with Crippen LogP contribution in [-0.2, 0) is 59.0 Å². The summed E-state index contributed by atoms with van der Waals surface area (Å²) in [4.78, 5) is 126. The standard InChI is InChI=1S/C53H68N8O13/c1-29(54)50(70)61(9)27-42(63)59-45(30(2)62)49(69)58-41(25-44(65)74-53(6,7)8)47(67)56-39(22-23-43(64)73-52(3,4)5)46(66)57-40(24-31-26-55-38-21-15-14-16-32(31)38)48(68)60-51(71)72-28-37-35-19-12-10-17-33(35)34-18-11-13-20-36(34)37/h10-21,26,29-30,37,39-41,45,55,62H,22-25,27-28,54H2,1-9H3,(H,56,67)(H,57,66)(H,58,69)(H,59,63)(H,60,68,71)/t29-,30+,39+,40-,41-,45-/m0/s1. The first-order valence-corrected chi connectivity index (χ1v) is 24.2. The number of aliphatic hydroxyl groups excluding tert-OH is 1. The quantitative estimate of drug-likeness (QED) is 0.0440. The summed E-state index contributed by atoms with van der Waals surface area (Å²) < 4.78 is 16.6. The number of H-pyrrole nitrogens is 1. The van der Waals surface area contributed by atoms with E-state index >= 15 is 0 Å². The number of ether oxygens (including phenoxy) is 3. The summed E-state index contributed by atoms with van der Waals surface area (Å²) in [6.07, 6.45) is -2.95. The molecular weight excluding hydrogens is 957 g/mol. The van der Waals surface area contributed by atoms with Crippen LogP contribution < -0.4 is 32.3 Å². The summed E-state index contributed by atoms with van der Waals surface area (Å²) in [5.41, 5.74) is 8.79. The topological polar surface area (TPSA) is 307 Å². The molecule has 0 fully saturated rings. The van der Waals surface area contributed by atoms with Gasteiger partial charge in [-0.1, -0.05) is 66.7 Å². The van der Waals surface area contributed by atoms with Crippen molar-refractivity contribution in [2.75, 3.05) is 20.2 Å². The first-order chi connectivity index (χ1) is 34.7. The Morgan fingerprint density at radius 1 is 0.703 bits per heavy atom. The number of nitrogens with two attached hydrogens (primary N) is 1. The van der Waals surface area contributed by atoms with Crippen LogP contribution in [0.2, 0.25) is 0 Å². The highest BCUT2D eigenvalue weighted by atomic mass is 16.6. The first-order valence-electron chi connectivity index (χ1n) is 24.2. The van der Waals surface area contributed by atoms with Crippen molar-refractivity contribution in [1.82, 2.24) is 36.5 Å². The van der Waals surface area contributed by atoms with Gasteiger partial charge >= 0.3 is 18.0 Å². The number of rotatable bonds is 21. The van der Waals surface area contributed by atoms with Gasteiger partial charge in [0.2, 0.25) is 29.5 Å². The zero-order chi connectivity index (χ0) is 54.7. The molecule has 6 atom stereocenters. The van der Waals surface area contributed by atoms with Gasteiger partial charge in [0.05, 0.1) is 25.1 Å². The molecule has 9 N–H and O–H groups in total. The molecule has 0 saturated carbocycles. The zero-order valence-electron chi connectivity index (χ0n) is 43.2. The molecule has 1 heterocycles. The largest absolute Gasteiger partial charge is 0.460 e. The molecule has 0 spiro atoms. The second kappa shape index (κ2) is 24.9. The molecule has 398 valence electrons. The normalized spacial score (nSPS) is 14.6. The number of nitrogens with zero attached hydrogens (tertiary/aromatic N) is 1. The highest BCUT2D eigenvalue weighted by Gasteiger charge is 2.37. The van der Waals surface area contributed by atoms with Crippen molar-refractivity contribution in [2.45, 2.75) is 135 Å². The number of benzene rings is 3. The third kappa shape index (κ3) is 16.2. The summed E-state index contributed by atoms with van der Waals surface area (Å²) in [6, 6.07) is 14.9. The molecule has 1 aliphatic rings. The van der Waals surface area contributed by atoms with Gasteiger partial charge < -0.3 is 56.2 Å². The Morgan fingerprint density at radius 3 is 1.84 bits per heavy atom. The van der Waals surface area contributed by atoms with Crippen LogP contribution in [0.1, 0.15) is 97.3 Å². The molecule has 1 aliphatic carbocycles. The van der Waals surface area contributed by atoms with Crippen LogP contribution in [-0.4, -0.2) is 136 Å². The van der Waals surface area contributed by atoms with Gasteiger partial charge in [-0.2, -0.15) is 0 Å². The highest BCUT2D eigenvalue weighted by Crippen LogP contribution is 2.44. The van der Waals surface area contributed by atoms with E-state index in [1.54, 1.807) is 72.0 Å². The van der Waals surface area contributed by atoms with E-state index in [9.17, 15) is 48.3 Å². The van der Waals surface area contributed by atoms with Gasteiger partial charge in [-0.25, -0.2) is 4.79 Å². The van der Waals surface area contributed by atoms with Crippen molar-refractivity contribution in [3.63, 3.8) is 0 Å². The summed E-state index contributed by atoms with van der Waals surface area (Å²) in [7, 11) is 1.31. The number of aromatic amines is 1. The number of fused-ring (bicyclic) bond motifs is 4. The molecule has 7 amide bonds. The Hall–Kier alpha value is -7.65. The molecule has 0 radical (unpaired) electrons. The molecule has 74 heavy (non-hydrogen) atoms. The van der Waals surface area contributed by atoms with E-state index in [0.29, 0.717) is 16.5 Å². The van der Waals surface area contributed by atoms with E-state index in [1.807, 2.05) is 48.5 Å². The number of carbonyl (C=O) groups excluding carboxylic acids is 9. The van der Waals surface area contributed by atoms with E-state index < -0.39 is 127 Å². The number of aliphatic hydroxyl groups is 1. The fourth-order valence-electron chi connectivity index (χ4n) is 8.31. The Bertz CT molecular complexity index is 2680. The molecule has 0 bridgehead atoms. The van der Waals surface area contributed by atoms with E-state index in [2.05, 4.69) is 31.6 Å². The molecule has 0 saturated heterocycles. The lowest BCUT2D eigenvalue weighted by atomic mass is 9.98. The second-order valence-corrected chi connectivity index (χ2v) is 20.2. The van der Waals surface area contributed by atoms with Gasteiger partial charge in [0.25, 0.3) is 5.91 Å². The molecule has 0 aliphatic heterocycles. The number of hydrogen-bond donors (Lipinski definition) is 8. The summed E-state index contributed by atoms with van der Waals surface area (Å²) in [5, 5.41) is 23.4. The molecule has 3 aromatic carbocycles. The molecule has 21 heteroatoms. The number of esters is 2. The number of imide groups is 1. The third-order valence-corrected chi connectivity index (χ3v) is 11.6. The molecule has 5 rings (SSSR count). The van der Waals surface area contributed by atoms with E-state index in [1.165, 1.54) is 20.9 Å². The van der Waals surface area contributed by atoms with Gasteiger partial charge in [-0.05, 0) is 95.7 Å². The number of carbonyl (C=O) groups is 9. The Balaban J connectivity index is 1.41. The fraction of sp³-hybridized carbons (Fsp3) is 0.453. The predicted molar refractivity (Wildman–Crippen MR) is 271 cm³/mol. The van der Waals surface area contributed by atoms with E-state index in [-0.39, 0.29) is 18.9 Å². The number of nitrogens with one attached hydrogen (secondary N) is 6. The fourth-order valence-corrected chi connectivity index (χ4v) is 8.31. The van der Waals surface area contributed by atoms with Crippen LogP contribution in [0.5, 0.6) is 0 Å². The molecule has 1 aromatic heterocycles. The predicted octanol–water partition coefficient (Wildman–Crippen LogP) is 2.76. The van der Waals surface area contributed by atoms with Crippen LogP contribution in [0.4, 0.5) is 4.79 Å². The molecule has 4 aromatic rings. The summed E-state index contributed by atoms with van der Waals surface area (Å²) in [6.45, 7) is 11.5. The second-order valence-electron chi connectivity index (χ2n) is 20.2. The van der Waals surface area contributed by atoms with Crippen LogP contribution in [0.3, 0.4) is 0 Å². The maximum absolute atomic E-state index is 14.6. The molecular formula is C53H68N8O13. The third-order valence-electron chi connectivity index (χ3n) is 11.6. The van der Waals surface area contributed by atoms with Crippen molar-refractivity contribution < 1.29 is 62.5 Å². The van der Waals surface area contributed by atoms with E-state index in [4.69, 9.17) is 19.9 Å². The Morgan fingerprint density at radius 2 is 1.24 bits per heavy atom. The minimum Gasteiger partial charge on any atom is -0.460 e. The maximum Gasteiger partial charge on any atom is 0.413 e. The number of alkyl carbamates (subject to hydrolysis) is 1. The molecule has 21 nitrogen and oxygen atoms in total. The van der Waals surface area contributed by atoms with Gasteiger partial charge in [0.1, 0.15) is 42.0 Å². The van der Waals surface area contributed by atoms with Gasteiger partial charge in [-0.3, -0.25) is 43.7 Å². The van der Waals surface area contributed by atoms with Gasteiger partial charge in [0.15, 0.2) is 0 Å². The van der Waals surface area contributed by atoms with Crippen LogP contribution in [0.15, 0.2) is 79.0 Å². The van der Waals surface area contributed by atoms with Crippen molar-refractivity contribution in [2.24, 2.45) is 5.73 Å². The van der Waals surface area contributed by atoms with Crippen molar-refractivity contribution >= 4 is 64.4 Å². The van der Waals surface area contributed by atoms with Crippen LogP contribution in [0.25, 0.3) is 22.0 Å². The minimum absolute atomic E-state index is 0.122. The average molecular weight is 1030 g/mol. The number of amides is 7. The summed E-state index contributed by atoms with van der Waals surface area (Å²) in [5.74, 6) is -7.80. The van der Waals surface area contributed by atoms with Crippen molar-refractivity contribution in [3.05, 3.63) is 95.7 Å². The average Bonchev–Trinajstić information content (AvgIpc) is 3.87. The number of aromatic nitrogens is 1. The molecule has 0 unspecified atom stereocenters. The number of likely N-dealkylation sites (N-methyl/N-ethyl adjacent to an activating group) is 1. The number of para-hydroxylation sites is 1. The smallest absolute Gasteiger partial charge is 0.413 e. The monoisotopic (exact) mass is 1020 g/mol. The first kappa shape index (κ1) is 57.3. The SMILES string of the molecule is C[C@H](N)C(=O)N(C)CC(=O)N[C@H](C(=O)N[C@@H](CC(=O)OC(C)(C)C)C(=O)N[C@H](CCC(=O)OC(C)(C)C)C(=O)N[C@@H](Cc1c[nH]c2ccccc12)C(=O)NC(=O)OCC1c2ccccc2-c2ccccc21)[C@@H](C)O. The van der Waals surface area contributed by atoms with Crippen LogP contribution in [0, 0.1) is 0 Å². The Labute approximate surface area is 429 Å². The zero-order valence-corrected chi connectivity index (χ0v) is 43.2. The Kier molecular flexibility index (Phi) is 19.2. The lowest BCUT2D eigenvalue weighted by Crippen LogP contribution is -2.60. The van der Waals surface area contributed by atoms with E-state index in [0.717, 1.165) is 27.2 Å². The minimum atomic E-state index is -1.84. The maximum atomic E-state index is 14.6. The van der Waals surface area contributed by atoms with Crippen LogP contribution >= 0.6 is 0 Å². The van der Waals surface area contributed by atoms with Gasteiger partial charge in [-0.15, -0.1) is 0 Å². The van der Waals surface area contributed by atoms with Gasteiger partial charge in [0, 0.05) is 42.9 Å². The number of hydrogen-bond acceptors (Lipinski definition) is 14. The van der Waals surface area contributed by atoms with Crippen molar-refractivity contribution in [3.8, 4) is 11.1 Å². The summed E-state index contributed by atoms with van der Waals surface area (Å²) >= 11 is 0. The lowest BCUT2D eigenvalue weighted by molar-refractivity contribution is -0.157. The highest BCUT2D eigenvalue weighted by molar-refractivity contribution is 6.00. The lowest BCUT2D eigenvalue weighted by Gasteiger charge is -2.28.